The maximum atomic E-state index is 11.7. The molecule has 5 rings (SSSR count). The molecule has 0 aromatic carbocycles. The van der Waals surface area contributed by atoms with E-state index >= 15 is 0 Å². The lowest BCUT2D eigenvalue weighted by Crippen LogP contribution is -2.54. The third-order valence-electron chi connectivity index (χ3n) is 5.77. The van der Waals surface area contributed by atoms with Gasteiger partial charge in [0, 0.05) is 6.42 Å². The molecular weight excluding hydrogens is 254 g/mol. The van der Waals surface area contributed by atoms with E-state index in [0.29, 0.717) is 5.84 Å². The van der Waals surface area contributed by atoms with E-state index in [4.69, 9.17) is 5.73 Å². The third-order valence-corrected chi connectivity index (χ3v) is 5.77. The Bertz CT molecular complexity index is 476. The molecule has 4 saturated carbocycles. The summed E-state index contributed by atoms with van der Waals surface area (Å²) in [7, 11) is 0. The predicted molar refractivity (Wildman–Crippen MR) is 73.8 cm³/mol. The normalized spacial score (nSPS) is 46.4. The highest BCUT2D eigenvalue weighted by atomic mass is 16.2. The second-order valence-electron chi connectivity index (χ2n) is 7.46. The molecule has 5 heteroatoms. The summed E-state index contributed by atoms with van der Waals surface area (Å²) in [5.74, 6) is 2.25. The van der Waals surface area contributed by atoms with Gasteiger partial charge in [-0.25, -0.2) is 0 Å². The minimum absolute atomic E-state index is 0.280. The SMILES string of the molecule is NC1C(=O)N=C(CC23CC4CC(CC(C4)C2)C3)NC1=O. The Kier molecular flexibility index (Phi) is 2.58. The molecule has 4 bridgehead atoms. The van der Waals surface area contributed by atoms with Crippen LogP contribution >= 0.6 is 0 Å². The molecule has 1 unspecified atom stereocenters. The molecular formula is C15H21N3O2. The number of carbonyl (C=O) groups is 2. The highest BCUT2D eigenvalue weighted by Crippen LogP contribution is 2.61. The van der Waals surface area contributed by atoms with Crippen LogP contribution in [0, 0.1) is 23.2 Å². The highest BCUT2D eigenvalue weighted by Gasteiger charge is 2.51. The minimum atomic E-state index is -1.12. The van der Waals surface area contributed by atoms with E-state index in [9.17, 15) is 9.59 Å². The number of nitrogens with zero attached hydrogens (tertiary/aromatic N) is 1. The van der Waals surface area contributed by atoms with Crippen molar-refractivity contribution in [1.29, 1.82) is 0 Å². The molecule has 1 atom stereocenters. The number of hydrogen-bond acceptors (Lipinski definition) is 3. The second kappa shape index (κ2) is 4.13. The standard InChI is InChI=1S/C15H21N3O2/c16-12-13(19)17-11(18-14(12)20)7-15-4-8-1-9(5-15)3-10(2-8)6-15/h8-10,12H,1-7,16H2,(H,17,18,19,20). The van der Waals surface area contributed by atoms with E-state index in [1.54, 1.807) is 0 Å². The van der Waals surface area contributed by atoms with E-state index < -0.39 is 17.9 Å². The zero-order valence-corrected chi connectivity index (χ0v) is 11.6. The molecule has 5 nitrogen and oxygen atoms in total. The second-order valence-corrected chi connectivity index (χ2v) is 7.46. The van der Waals surface area contributed by atoms with Crippen LogP contribution in [0.1, 0.15) is 44.9 Å². The molecule has 4 fully saturated rings. The van der Waals surface area contributed by atoms with Crippen LogP contribution in [0.4, 0.5) is 0 Å². The summed E-state index contributed by atoms with van der Waals surface area (Å²) in [6.45, 7) is 0. The largest absolute Gasteiger partial charge is 0.312 e. The van der Waals surface area contributed by atoms with Crippen LogP contribution in [0.15, 0.2) is 4.99 Å². The van der Waals surface area contributed by atoms with Gasteiger partial charge in [0.1, 0.15) is 5.84 Å². The Labute approximate surface area is 118 Å². The smallest absolute Gasteiger partial charge is 0.273 e. The third kappa shape index (κ3) is 1.91. The van der Waals surface area contributed by atoms with Crippen LogP contribution in [0.2, 0.25) is 0 Å². The number of hydrogen-bond donors (Lipinski definition) is 2. The molecule has 5 aliphatic rings. The molecule has 108 valence electrons. The molecule has 0 spiro atoms. The average Bonchev–Trinajstić information content (AvgIpc) is 2.33. The summed E-state index contributed by atoms with van der Waals surface area (Å²) < 4.78 is 0. The van der Waals surface area contributed by atoms with Crippen molar-refractivity contribution in [1.82, 2.24) is 5.32 Å². The van der Waals surface area contributed by atoms with Crippen molar-refractivity contribution < 1.29 is 9.59 Å². The number of nitrogens with two attached hydrogens (primary N) is 1. The van der Waals surface area contributed by atoms with Crippen LogP contribution < -0.4 is 11.1 Å². The van der Waals surface area contributed by atoms with Crippen LogP contribution in [-0.4, -0.2) is 23.7 Å². The first kappa shape index (κ1) is 12.5. The van der Waals surface area contributed by atoms with Gasteiger partial charge in [0.15, 0.2) is 6.04 Å². The summed E-state index contributed by atoms with van der Waals surface area (Å²) in [5, 5.41) is 2.74. The summed E-state index contributed by atoms with van der Waals surface area (Å²) in [6.07, 6.45) is 8.66. The highest BCUT2D eigenvalue weighted by molar-refractivity contribution is 6.18. The van der Waals surface area contributed by atoms with Crippen molar-refractivity contribution >= 4 is 17.6 Å². The van der Waals surface area contributed by atoms with Crippen LogP contribution in [0.25, 0.3) is 0 Å². The summed E-state index contributed by atoms with van der Waals surface area (Å²) in [5.41, 5.74) is 5.76. The van der Waals surface area contributed by atoms with Crippen molar-refractivity contribution in [2.24, 2.45) is 33.9 Å². The number of carbonyl (C=O) groups excluding carboxylic acids is 2. The quantitative estimate of drug-likeness (QED) is 0.737. The molecule has 2 amide bonds. The lowest BCUT2D eigenvalue weighted by atomic mass is 9.49. The Morgan fingerprint density at radius 2 is 1.65 bits per heavy atom. The topological polar surface area (TPSA) is 84.6 Å². The zero-order valence-electron chi connectivity index (χ0n) is 11.6. The Morgan fingerprint density at radius 1 is 1.10 bits per heavy atom. The first-order chi connectivity index (χ1) is 9.53. The lowest BCUT2D eigenvalue weighted by Gasteiger charge is -2.57. The van der Waals surface area contributed by atoms with Gasteiger partial charge in [-0.3, -0.25) is 9.59 Å². The first-order valence-corrected chi connectivity index (χ1v) is 7.71. The summed E-state index contributed by atoms with van der Waals surface area (Å²) in [6, 6.07) is -1.12. The van der Waals surface area contributed by atoms with Crippen LogP contribution in [0.5, 0.6) is 0 Å². The molecule has 1 heterocycles. The summed E-state index contributed by atoms with van der Waals surface area (Å²) in [4.78, 5) is 27.3. The molecule has 3 N–H and O–H groups in total. The van der Waals surface area contributed by atoms with Crippen LogP contribution in [-0.2, 0) is 9.59 Å². The predicted octanol–water partition coefficient (Wildman–Crippen LogP) is 0.975. The van der Waals surface area contributed by atoms with Gasteiger partial charge in [-0.15, -0.1) is 0 Å². The fourth-order valence-corrected chi connectivity index (χ4v) is 5.51. The monoisotopic (exact) mass is 275 g/mol. The van der Waals surface area contributed by atoms with Crippen molar-refractivity contribution in [2.75, 3.05) is 0 Å². The lowest BCUT2D eigenvalue weighted by molar-refractivity contribution is -0.129. The van der Waals surface area contributed by atoms with E-state index in [-0.39, 0.29) is 5.41 Å². The maximum Gasteiger partial charge on any atom is 0.273 e. The molecule has 4 aliphatic carbocycles. The van der Waals surface area contributed by atoms with Crippen LogP contribution in [0.3, 0.4) is 0 Å². The van der Waals surface area contributed by atoms with Gasteiger partial charge in [0.2, 0.25) is 0 Å². The van der Waals surface area contributed by atoms with Gasteiger partial charge >= 0.3 is 0 Å². The maximum absolute atomic E-state index is 11.7. The summed E-state index contributed by atoms with van der Waals surface area (Å²) >= 11 is 0. The Hall–Kier alpha value is -1.23. The molecule has 0 aromatic rings. The van der Waals surface area contributed by atoms with Gasteiger partial charge in [0.25, 0.3) is 11.8 Å². The van der Waals surface area contributed by atoms with Gasteiger partial charge in [-0.2, -0.15) is 4.99 Å². The van der Waals surface area contributed by atoms with Crippen molar-refractivity contribution in [3.8, 4) is 0 Å². The zero-order chi connectivity index (χ0) is 13.9. The molecule has 0 aromatic heterocycles. The van der Waals surface area contributed by atoms with Gasteiger partial charge < -0.3 is 11.1 Å². The Balaban J connectivity index is 1.56. The number of rotatable bonds is 2. The fraction of sp³-hybridized carbons (Fsp3) is 0.800. The van der Waals surface area contributed by atoms with Gasteiger partial charge in [-0.05, 0) is 61.7 Å². The first-order valence-electron chi connectivity index (χ1n) is 7.71. The minimum Gasteiger partial charge on any atom is -0.312 e. The number of aliphatic imine (C=N–C) groups is 1. The molecule has 1 aliphatic heterocycles. The van der Waals surface area contributed by atoms with E-state index in [1.165, 1.54) is 38.5 Å². The van der Waals surface area contributed by atoms with Crippen molar-refractivity contribution in [3.05, 3.63) is 0 Å². The Morgan fingerprint density at radius 3 is 2.15 bits per heavy atom. The number of amidine groups is 1. The number of amides is 2. The molecule has 0 saturated heterocycles. The molecule has 20 heavy (non-hydrogen) atoms. The van der Waals surface area contributed by atoms with Gasteiger partial charge in [0.05, 0.1) is 0 Å². The van der Waals surface area contributed by atoms with Crippen molar-refractivity contribution in [2.45, 2.75) is 51.0 Å². The van der Waals surface area contributed by atoms with Crippen molar-refractivity contribution in [3.63, 3.8) is 0 Å². The molecule has 0 radical (unpaired) electrons. The average molecular weight is 275 g/mol. The fourth-order valence-electron chi connectivity index (χ4n) is 5.51. The van der Waals surface area contributed by atoms with E-state index in [0.717, 1.165) is 24.2 Å². The van der Waals surface area contributed by atoms with E-state index in [2.05, 4.69) is 10.3 Å². The van der Waals surface area contributed by atoms with E-state index in [1.807, 2.05) is 0 Å². The number of nitrogens with one attached hydrogen (secondary N) is 1. The van der Waals surface area contributed by atoms with Gasteiger partial charge in [-0.1, -0.05) is 0 Å².